The molecule has 0 aromatic heterocycles. The van der Waals surface area contributed by atoms with E-state index in [9.17, 15) is 29.1 Å². The highest BCUT2D eigenvalue weighted by molar-refractivity contribution is 5.96. The molecule has 15 heteroatoms. The molecule has 15 nitrogen and oxygen atoms in total. The van der Waals surface area contributed by atoms with Crippen molar-refractivity contribution >= 4 is 35.5 Å². The van der Waals surface area contributed by atoms with Gasteiger partial charge in [0.05, 0.1) is 12.1 Å². The molecule has 0 aliphatic heterocycles. The van der Waals surface area contributed by atoms with Crippen molar-refractivity contribution in [3.63, 3.8) is 0 Å². The molecular weight excluding hydrogens is 594 g/mol. The minimum Gasteiger partial charge on any atom is -0.391 e. The molecule has 0 heterocycles. The fourth-order valence-electron chi connectivity index (χ4n) is 4.64. The molecule has 1 aromatic rings. The van der Waals surface area contributed by atoms with Gasteiger partial charge in [-0.25, -0.2) is 0 Å². The van der Waals surface area contributed by atoms with Crippen molar-refractivity contribution in [1.82, 2.24) is 21.3 Å². The SMILES string of the molecule is CC(C)C[C@H](NC(=O)[C@H](Cc1ccccc1)NC(=O)[C@@H](N)CC(C)C)C(=O)N[C@H](C(=O)N[C@@H](CCCN=C(N)N)C(N)=O)[C@@H](C)O. The third-order valence-electron chi connectivity index (χ3n) is 6.99. The summed E-state index contributed by atoms with van der Waals surface area (Å²) in [5, 5.41) is 20.8. The normalized spacial score (nSPS) is 15.1. The van der Waals surface area contributed by atoms with Crippen molar-refractivity contribution in [2.45, 2.75) is 103 Å². The Balaban J connectivity index is 3.14. The molecule has 0 saturated carbocycles. The third kappa shape index (κ3) is 15.2. The molecule has 46 heavy (non-hydrogen) atoms. The van der Waals surface area contributed by atoms with Crippen LogP contribution in [0.15, 0.2) is 35.3 Å². The number of amides is 5. The molecule has 0 aliphatic rings. The average Bonchev–Trinajstić information content (AvgIpc) is 2.95. The van der Waals surface area contributed by atoms with Crippen LogP contribution in [-0.2, 0) is 30.4 Å². The molecule has 0 aliphatic carbocycles. The lowest BCUT2D eigenvalue weighted by molar-refractivity contribution is -0.136. The molecule has 6 atom stereocenters. The molecule has 258 valence electrons. The summed E-state index contributed by atoms with van der Waals surface area (Å²) in [5.74, 6) is -3.57. The molecule has 0 spiro atoms. The number of aliphatic imine (C=N–C) groups is 1. The Morgan fingerprint density at radius 3 is 1.80 bits per heavy atom. The van der Waals surface area contributed by atoms with E-state index in [1.165, 1.54) is 6.92 Å². The van der Waals surface area contributed by atoms with Gasteiger partial charge in [-0.1, -0.05) is 58.0 Å². The Hall–Kier alpha value is -4.24. The number of aliphatic hydroxyl groups excluding tert-OH is 1. The van der Waals surface area contributed by atoms with Crippen molar-refractivity contribution in [1.29, 1.82) is 0 Å². The summed E-state index contributed by atoms with van der Waals surface area (Å²) in [7, 11) is 0. The number of aliphatic hydroxyl groups is 1. The number of nitrogens with zero attached hydrogens (tertiary/aromatic N) is 1. The lowest BCUT2D eigenvalue weighted by Crippen LogP contribution is -2.61. The van der Waals surface area contributed by atoms with Crippen LogP contribution in [0.1, 0.15) is 65.9 Å². The van der Waals surface area contributed by atoms with Gasteiger partial charge in [0.15, 0.2) is 5.96 Å². The number of carbonyl (C=O) groups excluding carboxylic acids is 5. The Bertz CT molecular complexity index is 1170. The summed E-state index contributed by atoms with van der Waals surface area (Å²) in [4.78, 5) is 68.9. The van der Waals surface area contributed by atoms with Crippen LogP contribution in [0.2, 0.25) is 0 Å². The van der Waals surface area contributed by atoms with Gasteiger partial charge >= 0.3 is 0 Å². The summed E-state index contributed by atoms with van der Waals surface area (Å²) in [6, 6.07) is 3.44. The van der Waals surface area contributed by atoms with Crippen LogP contribution in [0.25, 0.3) is 0 Å². The van der Waals surface area contributed by atoms with Crippen LogP contribution in [0.3, 0.4) is 0 Å². The van der Waals surface area contributed by atoms with Crippen LogP contribution in [0.4, 0.5) is 0 Å². The highest BCUT2D eigenvalue weighted by Crippen LogP contribution is 2.10. The second kappa shape index (κ2) is 20.0. The van der Waals surface area contributed by atoms with Crippen molar-refractivity contribution in [3.8, 4) is 0 Å². The molecule has 5 amide bonds. The zero-order valence-corrected chi connectivity index (χ0v) is 27.5. The largest absolute Gasteiger partial charge is 0.391 e. The highest BCUT2D eigenvalue weighted by Gasteiger charge is 2.33. The van der Waals surface area contributed by atoms with E-state index in [4.69, 9.17) is 22.9 Å². The fraction of sp³-hybridized carbons (Fsp3) is 0.613. The average molecular weight is 648 g/mol. The first-order valence-corrected chi connectivity index (χ1v) is 15.5. The number of primary amides is 1. The topological polar surface area (TPSA) is 270 Å². The molecule has 0 unspecified atom stereocenters. The van der Waals surface area contributed by atoms with E-state index < -0.39 is 65.8 Å². The highest BCUT2D eigenvalue weighted by atomic mass is 16.3. The summed E-state index contributed by atoms with van der Waals surface area (Å²) < 4.78 is 0. The van der Waals surface area contributed by atoms with E-state index in [0.717, 1.165) is 5.56 Å². The lowest BCUT2D eigenvalue weighted by Gasteiger charge is -2.28. The van der Waals surface area contributed by atoms with Gasteiger partial charge in [-0.2, -0.15) is 0 Å². The van der Waals surface area contributed by atoms with Gasteiger partial charge in [0.1, 0.15) is 24.2 Å². The quantitative estimate of drug-likeness (QED) is 0.0452. The van der Waals surface area contributed by atoms with E-state index in [0.29, 0.717) is 12.8 Å². The number of guanidine groups is 1. The fourth-order valence-corrected chi connectivity index (χ4v) is 4.64. The van der Waals surface area contributed by atoms with Crippen molar-refractivity contribution < 1.29 is 29.1 Å². The van der Waals surface area contributed by atoms with Gasteiger partial charge in [0.2, 0.25) is 29.5 Å². The van der Waals surface area contributed by atoms with Crippen molar-refractivity contribution in [2.75, 3.05) is 6.54 Å². The summed E-state index contributed by atoms with van der Waals surface area (Å²) >= 11 is 0. The maximum Gasteiger partial charge on any atom is 0.245 e. The minimum absolute atomic E-state index is 0.0686. The van der Waals surface area contributed by atoms with Gasteiger partial charge < -0.3 is 49.3 Å². The number of nitrogens with one attached hydrogen (secondary N) is 4. The minimum atomic E-state index is -1.48. The summed E-state index contributed by atoms with van der Waals surface area (Å²) in [5.41, 5.74) is 22.9. The first kappa shape index (κ1) is 39.8. The lowest BCUT2D eigenvalue weighted by atomic mass is 9.99. The van der Waals surface area contributed by atoms with Crippen molar-refractivity contribution in [2.24, 2.45) is 39.8 Å². The molecule has 0 fully saturated rings. The maximum atomic E-state index is 13.6. The predicted molar refractivity (Wildman–Crippen MR) is 176 cm³/mol. The van der Waals surface area contributed by atoms with Gasteiger partial charge in [-0.3, -0.25) is 29.0 Å². The molecule has 0 radical (unpaired) electrons. The van der Waals surface area contributed by atoms with Gasteiger partial charge in [0, 0.05) is 13.0 Å². The van der Waals surface area contributed by atoms with E-state index >= 15 is 0 Å². The molecule has 13 N–H and O–H groups in total. The third-order valence-corrected chi connectivity index (χ3v) is 6.99. The van der Waals surface area contributed by atoms with Crippen molar-refractivity contribution in [3.05, 3.63) is 35.9 Å². The predicted octanol–water partition coefficient (Wildman–Crippen LogP) is -1.49. The van der Waals surface area contributed by atoms with Crippen LogP contribution in [0, 0.1) is 11.8 Å². The zero-order chi connectivity index (χ0) is 35.0. The van der Waals surface area contributed by atoms with Gasteiger partial charge in [0.25, 0.3) is 0 Å². The van der Waals surface area contributed by atoms with Crippen LogP contribution >= 0.6 is 0 Å². The van der Waals surface area contributed by atoms with E-state index in [-0.39, 0.29) is 43.6 Å². The Labute approximate surface area is 271 Å². The molecule has 1 rings (SSSR count). The molecule has 1 aromatic carbocycles. The Morgan fingerprint density at radius 1 is 0.739 bits per heavy atom. The smallest absolute Gasteiger partial charge is 0.245 e. The second-order valence-electron chi connectivity index (χ2n) is 12.3. The van der Waals surface area contributed by atoms with Crippen LogP contribution in [-0.4, -0.2) is 83.5 Å². The number of benzene rings is 1. The first-order chi connectivity index (χ1) is 21.5. The second-order valence-corrected chi connectivity index (χ2v) is 12.3. The first-order valence-electron chi connectivity index (χ1n) is 15.5. The Morgan fingerprint density at radius 2 is 1.28 bits per heavy atom. The number of hydrogen-bond donors (Lipinski definition) is 9. The zero-order valence-electron chi connectivity index (χ0n) is 27.5. The Kier molecular flexibility index (Phi) is 17.3. The monoisotopic (exact) mass is 647 g/mol. The molecule has 0 saturated heterocycles. The van der Waals surface area contributed by atoms with Crippen LogP contribution in [0.5, 0.6) is 0 Å². The summed E-state index contributed by atoms with van der Waals surface area (Å²) in [6.45, 7) is 9.05. The summed E-state index contributed by atoms with van der Waals surface area (Å²) in [6.07, 6.45) is -0.206. The van der Waals surface area contributed by atoms with Gasteiger partial charge in [-0.15, -0.1) is 0 Å². The number of hydrogen-bond acceptors (Lipinski definition) is 8. The van der Waals surface area contributed by atoms with Gasteiger partial charge in [-0.05, 0) is 50.0 Å². The van der Waals surface area contributed by atoms with E-state index in [1.54, 1.807) is 12.1 Å². The molecular formula is C31H53N9O6. The number of nitrogens with two attached hydrogens (primary N) is 4. The van der Waals surface area contributed by atoms with E-state index in [2.05, 4.69) is 26.3 Å². The van der Waals surface area contributed by atoms with E-state index in [1.807, 2.05) is 45.9 Å². The standard InChI is InChI=1S/C31H53N9O6/c1-17(2)14-21(32)27(43)38-24(16-20-10-7-6-8-11-20)28(44)39-23(15-18(3)4)29(45)40-25(19(5)41)30(46)37-22(26(33)42)12-9-13-36-31(34)35/h6-8,10-11,17-19,21-25,41H,9,12-16,32H2,1-5H3,(H2,33,42)(H,37,46)(H,38,43)(H,39,44)(H,40,45)(H4,34,35,36)/t19-,21+,22+,23+,24+,25+/m1/s1. The number of carbonyl (C=O) groups is 5. The molecule has 0 bridgehead atoms. The van der Waals surface area contributed by atoms with Crippen LogP contribution < -0.4 is 44.2 Å². The maximum absolute atomic E-state index is 13.6. The number of rotatable bonds is 20.